The van der Waals surface area contributed by atoms with E-state index in [1.807, 2.05) is 6.92 Å². The van der Waals surface area contributed by atoms with Crippen LogP contribution in [-0.4, -0.2) is 73.6 Å². The molecule has 0 radical (unpaired) electrons. The molecule has 4 aromatic rings. The number of fused-ring (bicyclic) bond motifs is 3. The van der Waals surface area contributed by atoms with Gasteiger partial charge in [0.05, 0.1) is 40.2 Å². The maximum Gasteiger partial charge on any atom is 0.277 e. The smallest absolute Gasteiger partial charge is 0.277 e. The van der Waals surface area contributed by atoms with E-state index in [1.165, 1.54) is 6.33 Å². The molecule has 0 spiro atoms. The summed E-state index contributed by atoms with van der Waals surface area (Å²) in [6.45, 7) is 4.53. The predicted octanol–water partition coefficient (Wildman–Crippen LogP) is 2.43. The van der Waals surface area contributed by atoms with Crippen molar-refractivity contribution >= 4 is 28.2 Å². The Morgan fingerprint density at radius 3 is 2.94 bits per heavy atom. The second-order valence-electron chi connectivity index (χ2n) is 9.08. The zero-order chi connectivity index (χ0) is 25.4. The van der Waals surface area contributed by atoms with Gasteiger partial charge in [-0.1, -0.05) is 23.7 Å². The van der Waals surface area contributed by atoms with E-state index in [0.717, 1.165) is 19.4 Å². The molecule has 2 unspecified atom stereocenters. The van der Waals surface area contributed by atoms with Gasteiger partial charge in [-0.3, -0.25) is 14.1 Å². The van der Waals surface area contributed by atoms with Crippen molar-refractivity contribution in [1.29, 1.82) is 5.26 Å². The first-order valence-electron chi connectivity index (χ1n) is 11.8. The molecule has 0 bridgehead atoms. The fourth-order valence-corrected chi connectivity index (χ4v) is 4.99. The number of nitriles is 1. The normalized spacial score (nSPS) is 17.6. The first-order valence-corrected chi connectivity index (χ1v) is 12.2. The Kier molecular flexibility index (Phi) is 6.77. The van der Waals surface area contributed by atoms with Crippen molar-refractivity contribution in [3.05, 3.63) is 45.3 Å². The number of likely N-dealkylation sites (tertiary alicyclic amines) is 1. The molecule has 1 N–H and O–H groups in total. The number of nitrogens with zero attached hydrogens (tertiary/aromatic N) is 7. The number of β-amino-alcohol motifs (C(OH)–C–C–N with tert-alkyl or cyclic N) is 1. The highest BCUT2D eigenvalue weighted by molar-refractivity contribution is 6.32. The third kappa shape index (κ3) is 4.26. The summed E-state index contributed by atoms with van der Waals surface area (Å²) in [5.41, 5.74) is 1.49. The number of ether oxygens (including phenoxy) is 1. The largest absolute Gasteiger partial charge is 0.392 e. The van der Waals surface area contributed by atoms with Crippen LogP contribution in [0.5, 0.6) is 0 Å². The second-order valence-corrected chi connectivity index (χ2v) is 9.49. The predicted molar refractivity (Wildman–Crippen MR) is 132 cm³/mol. The van der Waals surface area contributed by atoms with Crippen LogP contribution in [0.4, 0.5) is 0 Å². The van der Waals surface area contributed by atoms with Gasteiger partial charge in [0, 0.05) is 26.7 Å². The highest BCUT2D eigenvalue weighted by Crippen LogP contribution is 2.28. The molecule has 1 saturated heterocycles. The maximum atomic E-state index is 13.9. The Morgan fingerprint density at radius 1 is 1.36 bits per heavy atom. The van der Waals surface area contributed by atoms with Crippen LogP contribution in [-0.2, 0) is 11.3 Å². The number of hydrogen-bond donors (Lipinski definition) is 1. The zero-order valence-electron chi connectivity index (χ0n) is 20.0. The second kappa shape index (κ2) is 9.99. The van der Waals surface area contributed by atoms with Gasteiger partial charge in [0.2, 0.25) is 11.7 Å². The van der Waals surface area contributed by atoms with Crippen LogP contribution < -0.4 is 5.56 Å². The number of hydrogen-bond acceptors (Lipinski definition) is 9. The molecule has 36 heavy (non-hydrogen) atoms. The van der Waals surface area contributed by atoms with Crippen LogP contribution in [0.15, 0.2) is 27.8 Å². The molecule has 4 heterocycles. The van der Waals surface area contributed by atoms with Gasteiger partial charge in [-0.25, -0.2) is 4.98 Å². The standard InChI is InChI=1S/C24H26ClN7O4/c1-14(12-35-2)23-28-22(29-36-23)19-21-24(34)31(9-8-30-7-3-4-15(33)11-30)20-16(10-26)17(25)5-6-18(20)32(21)13-27-19/h5-6,13-15,33H,3-4,7-9,11-12H2,1-2H3. The van der Waals surface area contributed by atoms with Crippen molar-refractivity contribution in [2.24, 2.45) is 0 Å². The zero-order valence-corrected chi connectivity index (χ0v) is 20.8. The summed E-state index contributed by atoms with van der Waals surface area (Å²) in [7, 11) is 1.59. The molecule has 1 aliphatic heterocycles. The highest BCUT2D eigenvalue weighted by Gasteiger charge is 2.25. The lowest BCUT2D eigenvalue weighted by Crippen LogP contribution is -2.41. The number of imidazole rings is 1. The molecular formula is C24H26ClN7O4. The number of methoxy groups -OCH3 is 1. The fourth-order valence-electron chi connectivity index (χ4n) is 4.80. The molecule has 2 atom stereocenters. The van der Waals surface area contributed by atoms with E-state index < -0.39 is 0 Å². The third-order valence-electron chi connectivity index (χ3n) is 6.57. The molecule has 3 aromatic heterocycles. The van der Waals surface area contributed by atoms with Gasteiger partial charge in [0.15, 0.2) is 0 Å². The first-order chi connectivity index (χ1) is 17.4. The Morgan fingerprint density at radius 2 is 2.19 bits per heavy atom. The van der Waals surface area contributed by atoms with E-state index in [0.29, 0.717) is 43.2 Å². The Labute approximate surface area is 211 Å². The van der Waals surface area contributed by atoms with Gasteiger partial charge in [-0.15, -0.1) is 0 Å². The number of benzene rings is 1. The van der Waals surface area contributed by atoms with Crippen LogP contribution in [0.1, 0.15) is 37.1 Å². The van der Waals surface area contributed by atoms with E-state index >= 15 is 0 Å². The van der Waals surface area contributed by atoms with Crippen molar-refractivity contribution in [1.82, 2.24) is 29.0 Å². The van der Waals surface area contributed by atoms with Crippen molar-refractivity contribution in [2.75, 3.05) is 33.4 Å². The lowest BCUT2D eigenvalue weighted by atomic mass is 10.1. The van der Waals surface area contributed by atoms with Crippen LogP contribution in [0.25, 0.3) is 28.1 Å². The van der Waals surface area contributed by atoms with E-state index in [2.05, 4.69) is 26.1 Å². The lowest BCUT2D eigenvalue weighted by molar-refractivity contribution is 0.0690. The van der Waals surface area contributed by atoms with Crippen molar-refractivity contribution in [3.63, 3.8) is 0 Å². The first kappa shape index (κ1) is 24.4. The van der Waals surface area contributed by atoms with Gasteiger partial charge >= 0.3 is 0 Å². The summed E-state index contributed by atoms with van der Waals surface area (Å²) in [4.78, 5) is 25.0. The minimum atomic E-state index is -0.381. The molecule has 11 nitrogen and oxygen atoms in total. The summed E-state index contributed by atoms with van der Waals surface area (Å²) in [6.07, 6.45) is 2.80. The van der Waals surface area contributed by atoms with E-state index in [-0.39, 0.29) is 45.2 Å². The van der Waals surface area contributed by atoms with Crippen LogP contribution in [0.2, 0.25) is 5.02 Å². The number of aliphatic hydroxyl groups excluding tert-OH is 1. The summed E-state index contributed by atoms with van der Waals surface area (Å²) in [5.74, 6) is 0.464. The molecule has 1 fully saturated rings. The molecule has 1 aliphatic rings. The van der Waals surface area contributed by atoms with E-state index in [9.17, 15) is 15.2 Å². The summed E-state index contributed by atoms with van der Waals surface area (Å²) < 4.78 is 13.8. The Hall–Kier alpha value is -3.30. The molecular weight excluding hydrogens is 486 g/mol. The molecule has 0 amide bonds. The number of halogens is 1. The summed E-state index contributed by atoms with van der Waals surface area (Å²) >= 11 is 6.36. The number of piperidine rings is 1. The monoisotopic (exact) mass is 511 g/mol. The summed E-state index contributed by atoms with van der Waals surface area (Å²) in [6, 6.07) is 5.55. The van der Waals surface area contributed by atoms with Crippen molar-refractivity contribution in [2.45, 2.75) is 38.3 Å². The van der Waals surface area contributed by atoms with Gasteiger partial charge in [0.25, 0.3) is 5.56 Å². The number of aromatic nitrogens is 5. The van der Waals surface area contributed by atoms with Gasteiger partial charge < -0.3 is 18.9 Å². The third-order valence-corrected chi connectivity index (χ3v) is 6.89. The average molecular weight is 512 g/mol. The number of aliphatic hydroxyl groups is 1. The molecule has 0 saturated carbocycles. The molecule has 12 heteroatoms. The average Bonchev–Trinajstić information content (AvgIpc) is 3.52. The molecule has 0 aliphatic carbocycles. The lowest BCUT2D eigenvalue weighted by Gasteiger charge is -2.30. The molecule has 188 valence electrons. The minimum Gasteiger partial charge on any atom is -0.392 e. The molecule has 5 rings (SSSR count). The maximum absolute atomic E-state index is 13.9. The van der Waals surface area contributed by atoms with E-state index in [1.54, 1.807) is 28.2 Å². The highest BCUT2D eigenvalue weighted by atomic mass is 35.5. The van der Waals surface area contributed by atoms with Crippen LogP contribution >= 0.6 is 11.6 Å². The fraction of sp³-hybridized carbons (Fsp3) is 0.458. The van der Waals surface area contributed by atoms with Gasteiger partial charge in [-0.05, 0) is 31.5 Å². The van der Waals surface area contributed by atoms with E-state index in [4.69, 9.17) is 20.9 Å². The van der Waals surface area contributed by atoms with Crippen LogP contribution in [0.3, 0.4) is 0 Å². The summed E-state index contributed by atoms with van der Waals surface area (Å²) in [5, 5.41) is 24.3. The quantitative estimate of drug-likeness (QED) is 0.396. The SMILES string of the molecule is COCC(C)c1nc(-c2ncn3c2c(=O)n(CCN2CCCC(O)C2)c2c(C#N)c(Cl)ccc23)no1. The topological polar surface area (TPSA) is 135 Å². The van der Waals surface area contributed by atoms with Crippen molar-refractivity contribution in [3.8, 4) is 17.6 Å². The van der Waals surface area contributed by atoms with Gasteiger partial charge in [-0.2, -0.15) is 10.2 Å². The Balaban J connectivity index is 1.67. The number of rotatable bonds is 7. The van der Waals surface area contributed by atoms with Crippen molar-refractivity contribution < 1.29 is 14.4 Å². The molecule has 1 aromatic carbocycles. The minimum absolute atomic E-state index is 0.122. The Bertz CT molecular complexity index is 1520. The van der Waals surface area contributed by atoms with Gasteiger partial charge in [0.1, 0.15) is 23.6 Å². The van der Waals surface area contributed by atoms with Crippen LogP contribution in [0, 0.1) is 11.3 Å².